The van der Waals surface area contributed by atoms with Crippen LogP contribution in [-0.4, -0.2) is 80.2 Å². The average Bonchev–Trinajstić information content (AvgIpc) is 3.23. The number of rotatable bonds is 3. The summed E-state index contributed by atoms with van der Waals surface area (Å²) < 4.78 is 1.62. The topological polar surface area (TPSA) is 108 Å². The monoisotopic (exact) mass is 460 g/mol. The van der Waals surface area contributed by atoms with Gasteiger partial charge in [-0.25, -0.2) is 0 Å². The molecule has 0 radical (unpaired) electrons. The predicted octanol–water partition coefficient (Wildman–Crippen LogP) is 1.18. The van der Waals surface area contributed by atoms with Crippen molar-refractivity contribution in [2.45, 2.75) is 44.3 Å². The zero-order chi connectivity index (χ0) is 23.4. The number of hydrogen-bond acceptors (Lipinski definition) is 7. The smallest absolute Gasteiger partial charge is 0.275 e. The van der Waals surface area contributed by atoms with Crippen molar-refractivity contribution in [2.24, 2.45) is 0 Å². The number of benzene rings is 1. The van der Waals surface area contributed by atoms with Crippen LogP contribution >= 0.6 is 0 Å². The van der Waals surface area contributed by atoms with E-state index < -0.39 is 6.04 Å². The number of amides is 2. The molecule has 0 unspecified atom stereocenters. The predicted molar refractivity (Wildman–Crippen MR) is 126 cm³/mol. The van der Waals surface area contributed by atoms with Gasteiger partial charge in [0.2, 0.25) is 11.6 Å². The van der Waals surface area contributed by atoms with Crippen molar-refractivity contribution in [3.05, 3.63) is 53.0 Å². The summed E-state index contributed by atoms with van der Waals surface area (Å²) in [5, 5.41) is 19.7. The molecule has 0 spiro atoms. The molecule has 3 aliphatic heterocycles. The van der Waals surface area contributed by atoms with Crippen molar-refractivity contribution < 1.29 is 9.59 Å². The largest absolute Gasteiger partial charge is 0.379 e. The minimum absolute atomic E-state index is 0.120. The fourth-order valence-electron chi connectivity index (χ4n) is 5.44. The van der Waals surface area contributed by atoms with Crippen LogP contribution in [-0.2, 0) is 11.2 Å². The van der Waals surface area contributed by atoms with E-state index in [2.05, 4.69) is 37.9 Å². The van der Waals surface area contributed by atoms with E-state index >= 15 is 0 Å². The number of anilines is 1. The number of carbonyl (C=O) groups is 2. The summed E-state index contributed by atoms with van der Waals surface area (Å²) in [6.45, 7) is 4.25. The molecule has 2 aromatic heterocycles. The average molecular weight is 461 g/mol. The maximum absolute atomic E-state index is 13.9. The van der Waals surface area contributed by atoms with Gasteiger partial charge in [0.05, 0.1) is 11.7 Å². The van der Waals surface area contributed by atoms with Crippen LogP contribution in [0.1, 0.15) is 46.3 Å². The Balaban J connectivity index is 1.38. The Morgan fingerprint density at radius 3 is 2.76 bits per heavy atom. The first-order chi connectivity index (χ1) is 16.5. The normalized spacial score (nSPS) is 23.0. The molecule has 10 nitrogen and oxygen atoms in total. The lowest BCUT2D eigenvalue weighted by Gasteiger charge is -2.45. The standard InChI is InChI=1S/C24H28N8O2/c1-14-27-28-22-18(26-16-7-9-30(2)10-8-16)12-19(29-32(14)22)24(34)31-20-11-15-5-3-4-6-17(15)21(31)13-25-23(20)33/h3-6,12,16,20-21,26H,7-11,13H2,1-2H3,(H,25,33)/t20-,21-/m0/s1. The summed E-state index contributed by atoms with van der Waals surface area (Å²) in [4.78, 5) is 30.7. The van der Waals surface area contributed by atoms with Crippen molar-refractivity contribution in [1.29, 1.82) is 0 Å². The van der Waals surface area contributed by atoms with E-state index in [4.69, 9.17) is 0 Å². The number of carbonyl (C=O) groups excluding carboxylic acids is 2. The molecule has 6 rings (SSSR count). The van der Waals surface area contributed by atoms with Gasteiger partial charge in [0.1, 0.15) is 6.04 Å². The van der Waals surface area contributed by atoms with Gasteiger partial charge in [0.15, 0.2) is 11.5 Å². The second-order valence-electron chi connectivity index (χ2n) is 9.54. The van der Waals surface area contributed by atoms with Crippen LogP contribution in [0.2, 0.25) is 0 Å². The lowest BCUT2D eigenvalue weighted by atomic mass is 9.85. The number of aromatic nitrogens is 4. The third kappa shape index (κ3) is 3.40. The van der Waals surface area contributed by atoms with Crippen LogP contribution in [0.25, 0.3) is 5.65 Å². The summed E-state index contributed by atoms with van der Waals surface area (Å²) in [7, 11) is 2.13. The Bertz CT molecular complexity index is 1280. The summed E-state index contributed by atoms with van der Waals surface area (Å²) in [6.07, 6.45) is 2.52. The molecular formula is C24H28N8O2. The van der Waals surface area contributed by atoms with Gasteiger partial charge in [-0.3, -0.25) is 9.59 Å². The molecule has 2 bridgehead atoms. The number of aryl methyl sites for hydroxylation is 1. The van der Waals surface area contributed by atoms with Gasteiger partial charge in [-0.15, -0.1) is 10.2 Å². The molecule has 3 aliphatic rings. The first-order valence-electron chi connectivity index (χ1n) is 11.9. The Kier molecular flexibility index (Phi) is 4.98. The van der Waals surface area contributed by atoms with Gasteiger partial charge < -0.3 is 20.4 Å². The van der Waals surface area contributed by atoms with Crippen molar-refractivity contribution in [2.75, 3.05) is 32.0 Å². The van der Waals surface area contributed by atoms with Gasteiger partial charge in [0.25, 0.3) is 5.91 Å². The van der Waals surface area contributed by atoms with Gasteiger partial charge in [-0.2, -0.15) is 9.61 Å². The summed E-state index contributed by atoms with van der Waals surface area (Å²) in [5.74, 6) is 0.240. The van der Waals surface area contributed by atoms with Crippen LogP contribution in [0.15, 0.2) is 30.3 Å². The third-order valence-electron chi connectivity index (χ3n) is 7.33. The number of nitrogens with one attached hydrogen (secondary N) is 2. The number of hydrogen-bond donors (Lipinski definition) is 2. The highest BCUT2D eigenvalue weighted by molar-refractivity contribution is 5.99. The minimum atomic E-state index is -0.550. The first kappa shape index (κ1) is 21.0. The van der Waals surface area contributed by atoms with Crippen LogP contribution in [0, 0.1) is 6.92 Å². The van der Waals surface area contributed by atoms with E-state index in [1.165, 1.54) is 0 Å². The third-order valence-corrected chi connectivity index (χ3v) is 7.33. The van der Waals surface area contributed by atoms with Crippen molar-refractivity contribution in [3.63, 3.8) is 0 Å². The van der Waals surface area contributed by atoms with Crippen molar-refractivity contribution >= 4 is 23.1 Å². The Hall–Kier alpha value is -3.53. The van der Waals surface area contributed by atoms with Crippen LogP contribution < -0.4 is 10.6 Å². The Labute approximate surface area is 197 Å². The van der Waals surface area contributed by atoms with Crippen molar-refractivity contribution in [3.8, 4) is 0 Å². The highest BCUT2D eigenvalue weighted by Gasteiger charge is 2.45. The quantitative estimate of drug-likeness (QED) is 0.604. The molecule has 34 heavy (non-hydrogen) atoms. The van der Waals surface area contributed by atoms with Gasteiger partial charge in [-0.1, -0.05) is 24.3 Å². The van der Waals surface area contributed by atoms with E-state index in [1.54, 1.807) is 15.5 Å². The van der Waals surface area contributed by atoms with E-state index in [-0.39, 0.29) is 29.6 Å². The molecule has 3 aromatic rings. The molecule has 2 fully saturated rings. The van der Waals surface area contributed by atoms with Gasteiger partial charge >= 0.3 is 0 Å². The maximum atomic E-state index is 13.9. The zero-order valence-electron chi connectivity index (χ0n) is 19.4. The molecule has 2 saturated heterocycles. The number of piperidine rings is 1. The summed E-state index contributed by atoms with van der Waals surface area (Å²) >= 11 is 0. The van der Waals surface area contributed by atoms with Gasteiger partial charge in [-0.05, 0) is 57.1 Å². The van der Waals surface area contributed by atoms with E-state index in [1.807, 2.05) is 31.2 Å². The molecule has 5 heterocycles. The van der Waals surface area contributed by atoms with Gasteiger partial charge in [0, 0.05) is 19.0 Å². The maximum Gasteiger partial charge on any atom is 0.275 e. The fraction of sp³-hybridized carbons (Fsp3) is 0.458. The second-order valence-corrected chi connectivity index (χ2v) is 9.54. The molecule has 0 saturated carbocycles. The summed E-state index contributed by atoms with van der Waals surface area (Å²) in [5.41, 5.74) is 3.85. The van der Waals surface area contributed by atoms with Crippen LogP contribution in [0.4, 0.5) is 5.69 Å². The SMILES string of the molecule is Cc1nnc2c(NC3CCN(C)CC3)cc(C(=O)N3[C@H]4Cc5ccccc5[C@@H]3CNC4=O)nn12. The number of fused-ring (bicyclic) bond motifs is 5. The van der Waals surface area contributed by atoms with Crippen molar-refractivity contribution in [1.82, 2.24) is 34.9 Å². The van der Waals surface area contributed by atoms with E-state index in [0.29, 0.717) is 24.4 Å². The van der Waals surface area contributed by atoms with E-state index in [0.717, 1.165) is 42.7 Å². The first-order valence-corrected chi connectivity index (χ1v) is 11.9. The number of likely N-dealkylation sites (tertiary alicyclic amines) is 1. The number of piperazine rings is 1. The minimum Gasteiger partial charge on any atom is -0.379 e. The molecule has 0 aliphatic carbocycles. The molecule has 2 N–H and O–H groups in total. The molecule has 2 atom stereocenters. The zero-order valence-corrected chi connectivity index (χ0v) is 19.4. The number of nitrogens with zero attached hydrogens (tertiary/aromatic N) is 6. The lowest BCUT2D eigenvalue weighted by molar-refractivity contribution is -0.130. The van der Waals surface area contributed by atoms with Crippen LogP contribution in [0.3, 0.4) is 0 Å². The highest BCUT2D eigenvalue weighted by Crippen LogP contribution is 2.36. The lowest BCUT2D eigenvalue weighted by Crippen LogP contribution is -2.61. The molecule has 10 heteroatoms. The molecule has 176 valence electrons. The van der Waals surface area contributed by atoms with E-state index in [9.17, 15) is 9.59 Å². The Morgan fingerprint density at radius 2 is 1.94 bits per heavy atom. The van der Waals surface area contributed by atoms with Crippen LogP contribution in [0.5, 0.6) is 0 Å². The Morgan fingerprint density at radius 1 is 1.15 bits per heavy atom. The fourth-order valence-corrected chi connectivity index (χ4v) is 5.44. The second kappa shape index (κ2) is 8.05. The summed E-state index contributed by atoms with van der Waals surface area (Å²) in [6, 6.07) is 9.34. The molecule has 1 aromatic carbocycles. The molecular weight excluding hydrogens is 432 g/mol. The highest BCUT2D eigenvalue weighted by atomic mass is 16.2. The molecule has 2 amide bonds.